The minimum Gasteiger partial charge on any atom is -0.497 e. The normalized spacial score (nSPS) is 16.0. The lowest BCUT2D eigenvalue weighted by Crippen LogP contribution is -2.42. The van der Waals surface area contributed by atoms with E-state index in [1.165, 1.54) is 0 Å². The first-order valence-electron chi connectivity index (χ1n) is 11.1. The SMILES string of the molecule is COc1ccc2ncc(Cl)c(CCCC3(CO)CCN(CC#Cc4ccsc4)CC3)c2c1. The molecule has 1 aliphatic rings. The van der Waals surface area contributed by atoms with Gasteiger partial charge in [-0.25, -0.2) is 0 Å². The number of hydrogen-bond donors (Lipinski definition) is 1. The first kappa shape index (κ1) is 23.1. The molecule has 0 aliphatic carbocycles. The predicted molar refractivity (Wildman–Crippen MR) is 133 cm³/mol. The van der Waals surface area contributed by atoms with Gasteiger partial charge in [0.1, 0.15) is 5.75 Å². The number of likely N-dealkylation sites (tertiary alicyclic amines) is 1. The molecule has 168 valence electrons. The van der Waals surface area contributed by atoms with Gasteiger partial charge >= 0.3 is 0 Å². The molecule has 1 N–H and O–H groups in total. The Kier molecular flexibility index (Phi) is 7.70. The van der Waals surface area contributed by atoms with Crippen LogP contribution in [-0.4, -0.2) is 48.3 Å². The van der Waals surface area contributed by atoms with Crippen molar-refractivity contribution in [3.8, 4) is 17.6 Å². The first-order valence-corrected chi connectivity index (χ1v) is 12.4. The summed E-state index contributed by atoms with van der Waals surface area (Å²) in [5.74, 6) is 7.33. The summed E-state index contributed by atoms with van der Waals surface area (Å²) >= 11 is 8.20. The number of aliphatic hydroxyl groups is 1. The monoisotopic (exact) mass is 468 g/mol. The zero-order valence-corrected chi connectivity index (χ0v) is 20.0. The van der Waals surface area contributed by atoms with Crippen LogP contribution in [0, 0.1) is 17.3 Å². The number of methoxy groups -OCH3 is 1. The number of rotatable bonds is 7. The fraction of sp³-hybridized carbons (Fsp3) is 0.423. The van der Waals surface area contributed by atoms with Crippen molar-refractivity contribution in [1.29, 1.82) is 0 Å². The summed E-state index contributed by atoms with van der Waals surface area (Å²) < 4.78 is 5.39. The molecule has 0 unspecified atom stereocenters. The quantitative estimate of drug-likeness (QED) is 0.471. The molecule has 6 heteroatoms. The molecule has 0 radical (unpaired) electrons. The van der Waals surface area contributed by atoms with E-state index in [1.807, 2.05) is 18.2 Å². The molecule has 1 aromatic carbocycles. The van der Waals surface area contributed by atoms with Crippen LogP contribution in [0.3, 0.4) is 0 Å². The van der Waals surface area contributed by atoms with Crippen LogP contribution >= 0.6 is 22.9 Å². The van der Waals surface area contributed by atoms with E-state index in [2.05, 4.69) is 38.6 Å². The molecule has 4 nitrogen and oxygen atoms in total. The van der Waals surface area contributed by atoms with Crippen LogP contribution in [0.25, 0.3) is 10.9 Å². The predicted octanol–water partition coefficient (Wildman–Crippen LogP) is 5.41. The zero-order chi connectivity index (χ0) is 22.4. The van der Waals surface area contributed by atoms with Crippen molar-refractivity contribution in [2.75, 3.05) is 33.4 Å². The Morgan fingerprint density at radius 1 is 1.28 bits per heavy atom. The second-order valence-electron chi connectivity index (χ2n) is 8.57. The van der Waals surface area contributed by atoms with Gasteiger partial charge in [0, 0.05) is 29.1 Å². The summed E-state index contributed by atoms with van der Waals surface area (Å²) in [4.78, 5) is 6.85. The maximum Gasteiger partial charge on any atom is 0.119 e. The van der Waals surface area contributed by atoms with E-state index in [1.54, 1.807) is 24.6 Å². The Morgan fingerprint density at radius 3 is 2.84 bits per heavy atom. The number of aliphatic hydroxyl groups excluding tert-OH is 1. The number of hydrogen-bond acceptors (Lipinski definition) is 5. The second kappa shape index (κ2) is 10.7. The molecule has 32 heavy (non-hydrogen) atoms. The van der Waals surface area contributed by atoms with Crippen LogP contribution in [0.5, 0.6) is 5.75 Å². The van der Waals surface area contributed by atoms with Gasteiger partial charge < -0.3 is 9.84 Å². The summed E-state index contributed by atoms with van der Waals surface area (Å²) in [6, 6.07) is 7.96. The number of aryl methyl sites for hydroxylation is 1. The highest BCUT2D eigenvalue weighted by Gasteiger charge is 2.33. The third-order valence-electron chi connectivity index (χ3n) is 6.58. The molecular weight excluding hydrogens is 440 g/mol. The van der Waals surface area contributed by atoms with Gasteiger partial charge in [-0.15, -0.1) is 0 Å². The highest BCUT2D eigenvalue weighted by atomic mass is 35.5. The van der Waals surface area contributed by atoms with E-state index in [0.29, 0.717) is 5.02 Å². The molecule has 2 aromatic heterocycles. The van der Waals surface area contributed by atoms with Gasteiger partial charge in [0.05, 0.1) is 24.2 Å². The number of pyridine rings is 1. The van der Waals surface area contributed by atoms with Crippen molar-refractivity contribution in [2.45, 2.75) is 32.1 Å². The van der Waals surface area contributed by atoms with Crippen molar-refractivity contribution in [3.05, 3.63) is 57.4 Å². The zero-order valence-electron chi connectivity index (χ0n) is 18.4. The summed E-state index contributed by atoms with van der Waals surface area (Å²) in [6.45, 7) is 2.99. The highest BCUT2D eigenvalue weighted by molar-refractivity contribution is 7.08. The summed E-state index contributed by atoms with van der Waals surface area (Å²) in [5, 5.41) is 16.1. The molecule has 0 bridgehead atoms. The maximum atomic E-state index is 10.2. The molecular formula is C26H29ClN2O2S. The van der Waals surface area contributed by atoms with Gasteiger partial charge in [0.15, 0.2) is 0 Å². The molecule has 1 aliphatic heterocycles. The number of ether oxygens (including phenoxy) is 1. The Bertz CT molecular complexity index is 1100. The van der Waals surface area contributed by atoms with Gasteiger partial charge in [-0.05, 0) is 85.8 Å². The van der Waals surface area contributed by atoms with Gasteiger partial charge in [-0.3, -0.25) is 9.88 Å². The number of nitrogens with zero attached hydrogens (tertiary/aromatic N) is 2. The van der Waals surface area contributed by atoms with Gasteiger partial charge in [0.2, 0.25) is 0 Å². The van der Waals surface area contributed by atoms with E-state index in [9.17, 15) is 5.11 Å². The molecule has 3 aromatic rings. The van der Waals surface area contributed by atoms with E-state index < -0.39 is 0 Å². The smallest absolute Gasteiger partial charge is 0.119 e. The number of halogens is 1. The van der Waals surface area contributed by atoms with Crippen LogP contribution < -0.4 is 4.74 Å². The average molecular weight is 469 g/mol. The topological polar surface area (TPSA) is 45.6 Å². The molecule has 1 saturated heterocycles. The summed E-state index contributed by atoms with van der Waals surface area (Å²) in [7, 11) is 1.67. The minimum absolute atomic E-state index is 0.00964. The minimum atomic E-state index is -0.00964. The van der Waals surface area contributed by atoms with Crippen LogP contribution in [0.4, 0.5) is 0 Å². The van der Waals surface area contributed by atoms with Crippen molar-refractivity contribution in [1.82, 2.24) is 9.88 Å². The molecule has 0 spiro atoms. The van der Waals surface area contributed by atoms with Crippen molar-refractivity contribution in [3.63, 3.8) is 0 Å². The van der Waals surface area contributed by atoms with Crippen LogP contribution in [0.2, 0.25) is 5.02 Å². The fourth-order valence-corrected chi connectivity index (χ4v) is 5.32. The number of aromatic nitrogens is 1. The molecule has 0 atom stereocenters. The Hall–Kier alpha value is -2.10. The third-order valence-corrected chi connectivity index (χ3v) is 7.59. The molecule has 0 saturated carbocycles. The standard InChI is InChI=1S/C26H29ClN2O2S/c1-31-21-6-7-25-23(16-21)22(24(27)17-28-25)5-2-9-26(19-30)10-13-29(14-11-26)12-3-4-20-8-15-32-18-20/h6-8,15-18,30H,2,5,9-14,19H2,1H3. The maximum absolute atomic E-state index is 10.2. The largest absolute Gasteiger partial charge is 0.497 e. The molecule has 1 fully saturated rings. The highest BCUT2D eigenvalue weighted by Crippen LogP contribution is 2.37. The molecule has 4 rings (SSSR count). The number of fused-ring (bicyclic) bond motifs is 1. The molecule has 3 heterocycles. The van der Waals surface area contributed by atoms with Gasteiger partial charge in [0.25, 0.3) is 0 Å². The van der Waals surface area contributed by atoms with E-state index in [0.717, 1.165) is 79.5 Å². The second-order valence-corrected chi connectivity index (χ2v) is 9.76. The lowest BCUT2D eigenvalue weighted by molar-refractivity contribution is 0.0401. The average Bonchev–Trinajstić information content (AvgIpc) is 3.35. The van der Waals surface area contributed by atoms with E-state index >= 15 is 0 Å². The summed E-state index contributed by atoms with van der Waals surface area (Å²) in [6.07, 6.45) is 6.58. The van der Waals surface area contributed by atoms with Crippen LogP contribution in [0.15, 0.2) is 41.2 Å². The number of piperidine rings is 1. The Morgan fingerprint density at radius 2 is 2.12 bits per heavy atom. The Balaban J connectivity index is 1.35. The fourth-order valence-electron chi connectivity index (χ4n) is 4.49. The van der Waals surface area contributed by atoms with Crippen molar-refractivity contribution >= 4 is 33.8 Å². The van der Waals surface area contributed by atoms with Crippen molar-refractivity contribution < 1.29 is 9.84 Å². The van der Waals surface area contributed by atoms with Crippen LogP contribution in [0.1, 0.15) is 36.8 Å². The van der Waals surface area contributed by atoms with E-state index in [-0.39, 0.29) is 12.0 Å². The van der Waals surface area contributed by atoms with Crippen molar-refractivity contribution in [2.24, 2.45) is 5.41 Å². The number of benzene rings is 1. The molecule has 0 amide bonds. The van der Waals surface area contributed by atoms with Crippen LogP contribution in [-0.2, 0) is 6.42 Å². The van der Waals surface area contributed by atoms with Gasteiger partial charge in [-0.1, -0.05) is 23.4 Å². The number of thiophene rings is 1. The first-order chi connectivity index (χ1) is 15.6. The van der Waals surface area contributed by atoms with E-state index in [4.69, 9.17) is 16.3 Å². The summed E-state index contributed by atoms with van der Waals surface area (Å²) in [5.41, 5.74) is 3.13. The lowest BCUT2D eigenvalue weighted by Gasteiger charge is -2.40. The lowest BCUT2D eigenvalue weighted by atomic mass is 9.75. The third kappa shape index (κ3) is 5.44. The van der Waals surface area contributed by atoms with Gasteiger partial charge in [-0.2, -0.15) is 11.3 Å². The Labute approximate surface area is 199 Å².